The number of aromatic nitrogens is 2. The molecule has 6 heteroatoms. The summed E-state index contributed by atoms with van der Waals surface area (Å²) in [5.41, 5.74) is 4.12. The molecule has 0 bridgehead atoms. The largest absolute Gasteiger partial charge is 0.494 e. The van der Waals surface area contributed by atoms with Crippen molar-refractivity contribution >= 4 is 5.91 Å². The highest BCUT2D eigenvalue weighted by molar-refractivity contribution is 6.00. The fourth-order valence-corrected chi connectivity index (χ4v) is 4.03. The number of furan rings is 1. The van der Waals surface area contributed by atoms with Gasteiger partial charge in [0, 0.05) is 11.1 Å². The van der Waals surface area contributed by atoms with Crippen LogP contribution in [0.2, 0.25) is 0 Å². The first-order valence-corrected chi connectivity index (χ1v) is 9.96. The van der Waals surface area contributed by atoms with E-state index in [1.807, 2.05) is 78.6 Å². The molecule has 30 heavy (non-hydrogen) atoms. The molecule has 1 aliphatic rings. The number of rotatable bonds is 6. The molecule has 1 atom stereocenters. The Labute approximate surface area is 174 Å². The van der Waals surface area contributed by atoms with Crippen molar-refractivity contribution in [1.29, 1.82) is 0 Å². The molecule has 4 aromatic rings. The quantitative estimate of drug-likeness (QED) is 0.505. The van der Waals surface area contributed by atoms with Gasteiger partial charge in [0.25, 0.3) is 5.91 Å². The molecule has 5 rings (SSSR count). The van der Waals surface area contributed by atoms with Crippen LogP contribution in [0.4, 0.5) is 0 Å². The molecule has 0 radical (unpaired) electrons. The lowest BCUT2D eigenvalue weighted by Crippen LogP contribution is -2.29. The van der Waals surface area contributed by atoms with Crippen LogP contribution in [0.1, 0.15) is 40.3 Å². The molecule has 2 aromatic heterocycles. The van der Waals surface area contributed by atoms with Crippen LogP contribution in [0.3, 0.4) is 0 Å². The van der Waals surface area contributed by atoms with E-state index in [1.54, 1.807) is 6.26 Å². The van der Waals surface area contributed by atoms with Gasteiger partial charge in [0.05, 0.1) is 31.2 Å². The Morgan fingerprint density at radius 3 is 2.73 bits per heavy atom. The number of carbonyl (C=O) groups excluding carboxylic acids is 1. The number of aromatic amines is 1. The monoisotopic (exact) mass is 399 g/mol. The standard InChI is InChI=1S/C24H21N3O3/c1-2-29-18-11-6-10-17(14-18)23-20-21(16-8-4-3-5-9-16)25-26-22(20)24(28)27(23)15-19-12-7-13-30-19/h3-14,23H,2,15H2,1H3,(H,25,26). The maximum Gasteiger partial charge on any atom is 0.273 e. The lowest BCUT2D eigenvalue weighted by molar-refractivity contribution is 0.0716. The smallest absolute Gasteiger partial charge is 0.273 e. The van der Waals surface area contributed by atoms with Gasteiger partial charge in [-0.15, -0.1) is 0 Å². The van der Waals surface area contributed by atoms with Gasteiger partial charge in [0.15, 0.2) is 0 Å². The number of ether oxygens (including phenoxy) is 1. The number of hydrogen-bond acceptors (Lipinski definition) is 4. The number of hydrogen-bond donors (Lipinski definition) is 1. The van der Waals surface area contributed by atoms with Crippen LogP contribution in [0.25, 0.3) is 11.3 Å². The second-order valence-corrected chi connectivity index (χ2v) is 7.15. The molecule has 1 amide bonds. The summed E-state index contributed by atoms with van der Waals surface area (Å²) in [6.07, 6.45) is 1.62. The van der Waals surface area contributed by atoms with Crippen LogP contribution in [-0.4, -0.2) is 27.6 Å². The molecule has 3 heterocycles. The second-order valence-electron chi connectivity index (χ2n) is 7.15. The van der Waals surface area contributed by atoms with Crippen LogP contribution < -0.4 is 4.74 Å². The minimum atomic E-state index is -0.299. The highest BCUT2D eigenvalue weighted by atomic mass is 16.5. The second kappa shape index (κ2) is 7.55. The minimum absolute atomic E-state index is 0.0945. The molecule has 0 fully saturated rings. The van der Waals surface area contributed by atoms with Crippen molar-refractivity contribution in [2.75, 3.05) is 6.61 Å². The van der Waals surface area contributed by atoms with Gasteiger partial charge in [-0.05, 0) is 36.8 Å². The van der Waals surface area contributed by atoms with Crippen LogP contribution in [0, 0.1) is 0 Å². The van der Waals surface area contributed by atoms with Crippen LogP contribution in [-0.2, 0) is 6.54 Å². The zero-order chi connectivity index (χ0) is 20.5. The van der Waals surface area contributed by atoms with Crippen molar-refractivity contribution in [2.24, 2.45) is 0 Å². The molecular formula is C24H21N3O3. The van der Waals surface area contributed by atoms with Gasteiger partial charge in [0.2, 0.25) is 0 Å². The molecule has 1 N–H and O–H groups in total. The highest BCUT2D eigenvalue weighted by Crippen LogP contribution is 2.44. The summed E-state index contributed by atoms with van der Waals surface area (Å²) in [5, 5.41) is 7.48. The maximum absolute atomic E-state index is 13.3. The average molecular weight is 399 g/mol. The molecule has 0 spiro atoms. The fraction of sp³-hybridized carbons (Fsp3) is 0.167. The molecule has 0 aliphatic carbocycles. The van der Waals surface area contributed by atoms with Crippen molar-refractivity contribution in [2.45, 2.75) is 19.5 Å². The lowest BCUT2D eigenvalue weighted by Gasteiger charge is -2.26. The van der Waals surface area contributed by atoms with E-state index in [9.17, 15) is 4.79 Å². The summed E-state index contributed by atoms with van der Waals surface area (Å²) < 4.78 is 11.2. The maximum atomic E-state index is 13.3. The summed E-state index contributed by atoms with van der Waals surface area (Å²) in [7, 11) is 0. The molecular weight excluding hydrogens is 378 g/mol. The number of carbonyl (C=O) groups is 1. The Morgan fingerprint density at radius 1 is 1.10 bits per heavy atom. The summed E-state index contributed by atoms with van der Waals surface area (Å²) in [6, 6.07) is 21.2. The molecule has 0 saturated heterocycles. The van der Waals surface area contributed by atoms with Crippen molar-refractivity contribution < 1.29 is 13.9 Å². The summed E-state index contributed by atoms with van der Waals surface area (Å²) in [4.78, 5) is 15.2. The van der Waals surface area contributed by atoms with Crippen LogP contribution in [0.15, 0.2) is 77.4 Å². The highest BCUT2D eigenvalue weighted by Gasteiger charge is 2.42. The molecule has 1 unspecified atom stereocenters. The van der Waals surface area contributed by atoms with Gasteiger partial charge >= 0.3 is 0 Å². The Balaban J connectivity index is 1.65. The first kappa shape index (κ1) is 18.2. The molecule has 1 aliphatic heterocycles. The Hall–Kier alpha value is -3.80. The zero-order valence-electron chi connectivity index (χ0n) is 16.5. The van der Waals surface area contributed by atoms with E-state index < -0.39 is 0 Å². The summed E-state index contributed by atoms with van der Waals surface area (Å²) in [6.45, 7) is 2.90. The summed E-state index contributed by atoms with van der Waals surface area (Å²) >= 11 is 0. The lowest BCUT2D eigenvalue weighted by atomic mass is 9.96. The molecule has 150 valence electrons. The Kier molecular flexibility index (Phi) is 4.59. The third-order valence-electron chi connectivity index (χ3n) is 5.30. The molecule has 2 aromatic carbocycles. The van der Waals surface area contributed by atoms with E-state index >= 15 is 0 Å². The van der Waals surface area contributed by atoms with E-state index in [2.05, 4.69) is 10.2 Å². The van der Waals surface area contributed by atoms with Gasteiger partial charge in [-0.2, -0.15) is 5.10 Å². The third-order valence-corrected chi connectivity index (χ3v) is 5.30. The van der Waals surface area contributed by atoms with Gasteiger partial charge < -0.3 is 14.1 Å². The summed E-state index contributed by atoms with van der Waals surface area (Å²) in [5.74, 6) is 1.41. The van der Waals surface area contributed by atoms with Gasteiger partial charge in [0.1, 0.15) is 17.2 Å². The van der Waals surface area contributed by atoms with Crippen molar-refractivity contribution in [1.82, 2.24) is 15.1 Å². The Bertz CT molecular complexity index is 1170. The van der Waals surface area contributed by atoms with Crippen LogP contribution >= 0.6 is 0 Å². The van der Waals surface area contributed by atoms with Crippen molar-refractivity contribution in [3.8, 4) is 17.0 Å². The topological polar surface area (TPSA) is 71.4 Å². The van der Waals surface area contributed by atoms with E-state index in [4.69, 9.17) is 9.15 Å². The van der Waals surface area contributed by atoms with E-state index in [1.165, 1.54) is 0 Å². The van der Waals surface area contributed by atoms with Gasteiger partial charge in [-0.25, -0.2) is 0 Å². The molecule has 6 nitrogen and oxygen atoms in total. The van der Waals surface area contributed by atoms with E-state index in [0.717, 1.165) is 33.9 Å². The molecule has 0 saturated carbocycles. The van der Waals surface area contributed by atoms with Crippen LogP contribution in [0.5, 0.6) is 5.75 Å². The first-order valence-electron chi connectivity index (χ1n) is 9.96. The number of nitrogens with one attached hydrogen (secondary N) is 1. The van der Waals surface area contributed by atoms with Gasteiger partial charge in [-0.1, -0.05) is 42.5 Å². The van der Waals surface area contributed by atoms with Crippen molar-refractivity contribution in [3.63, 3.8) is 0 Å². The van der Waals surface area contributed by atoms with Gasteiger partial charge in [-0.3, -0.25) is 9.89 Å². The fourth-order valence-electron chi connectivity index (χ4n) is 4.03. The normalized spacial score (nSPS) is 15.4. The van der Waals surface area contributed by atoms with Crippen molar-refractivity contribution in [3.05, 3.63) is 95.6 Å². The van der Waals surface area contributed by atoms with E-state index in [-0.39, 0.29) is 11.9 Å². The predicted octanol–water partition coefficient (Wildman–Crippen LogP) is 4.81. The first-order chi connectivity index (χ1) is 14.8. The van der Waals surface area contributed by atoms with E-state index in [0.29, 0.717) is 18.8 Å². The third kappa shape index (κ3) is 3.06. The Morgan fingerprint density at radius 2 is 1.97 bits per heavy atom. The number of H-pyrrole nitrogens is 1. The number of nitrogens with zero attached hydrogens (tertiary/aromatic N) is 2. The SMILES string of the molecule is CCOc1cccc(C2c3c(-c4ccccc4)n[nH]c3C(=O)N2Cc2ccco2)c1. The predicted molar refractivity (Wildman–Crippen MR) is 112 cm³/mol. The number of benzene rings is 2. The average Bonchev–Trinajstić information content (AvgIpc) is 3.49. The number of fused-ring (bicyclic) bond motifs is 1. The minimum Gasteiger partial charge on any atom is -0.494 e. The zero-order valence-corrected chi connectivity index (χ0v) is 16.5. The number of amides is 1.